The zero-order valence-electron chi connectivity index (χ0n) is 11.9. The summed E-state index contributed by atoms with van der Waals surface area (Å²) in [5.41, 5.74) is -1.98. The Morgan fingerprint density at radius 2 is 1.19 bits per heavy atom. The number of alkyl halides is 2. The van der Waals surface area contributed by atoms with E-state index in [9.17, 15) is 8.78 Å². The van der Waals surface area contributed by atoms with Crippen molar-refractivity contribution in [2.24, 2.45) is 16.2 Å². The highest BCUT2D eigenvalue weighted by atomic mass is 19.3. The van der Waals surface area contributed by atoms with Crippen LogP contribution in [0.2, 0.25) is 0 Å². The van der Waals surface area contributed by atoms with Crippen LogP contribution >= 0.6 is 0 Å². The predicted octanol–water partition coefficient (Wildman–Crippen LogP) is 4.71. The maximum atomic E-state index is 14.0. The van der Waals surface area contributed by atoms with E-state index >= 15 is 0 Å². The summed E-state index contributed by atoms with van der Waals surface area (Å²) in [4.78, 5) is 0. The minimum absolute atomic E-state index is 0.0551. The Hall–Kier alpha value is -0.180. The van der Waals surface area contributed by atoms with E-state index in [1.807, 2.05) is 20.8 Å². The van der Waals surface area contributed by atoms with Crippen LogP contribution in [-0.4, -0.2) is 12.7 Å². The fraction of sp³-hybridized carbons (Fsp3) is 1.00. The van der Waals surface area contributed by atoms with Gasteiger partial charge in [0, 0.05) is 0 Å². The van der Waals surface area contributed by atoms with E-state index in [1.165, 1.54) is 0 Å². The van der Waals surface area contributed by atoms with E-state index in [0.717, 1.165) is 0 Å². The highest BCUT2D eigenvalue weighted by molar-refractivity contribution is 4.89. The van der Waals surface area contributed by atoms with Gasteiger partial charge in [-0.15, -0.1) is 0 Å². The van der Waals surface area contributed by atoms with E-state index in [4.69, 9.17) is 4.74 Å². The van der Waals surface area contributed by atoms with Gasteiger partial charge in [0.05, 0.1) is 12.0 Å². The Morgan fingerprint density at radius 1 is 0.812 bits per heavy atom. The van der Waals surface area contributed by atoms with Gasteiger partial charge in [-0.3, -0.25) is 0 Å². The molecule has 0 spiro atoms. The quantitative estimate of drug-likeness (QED) is 0.689. The van der Waals surface area contributed by atoms with Gasteiger partial charge < -0.3 is 4.74 Å². The molecule has 0 heterocycles. The molecular weight excluding hydrogens is 210 g/mol. The molecule has 0 atom stereocenters. The molecule has 0 aromatic rings. The Balaban J connectivity index is 4.79. The van der Waals surface area contributed by atoms with Gasteiger partial charge in [-0.2, -0.15) is 8.78 Å². The molecular formula is C13H26F2O. The Bertz CT molecular complexity index is 231. The Morgan fingerprint density at radius 3 is 1.44 bits per heavy atom. The van der Waals surface area contributed by atoms with Crippen LogP contribution in [0.15, 0.2) is 0 Å². The third-order valence-electron chi connectivity index (χ3n) is 3.29. The molecule has 0 amide bonds. The topological polar surface area (TPSA) is 9.23 Å². The van der Waals surface area contributed by atoms with Gasteiger partial charge >= 0.3 is 6.11 Å². The molecule has 0 unspecified atom stereocenters. The SMILES string of the molecule is CC(C)(C)COC(F)(F)C(C)(C)C(C)(C)C. The summed E-state index contributed by atoms with van der Waals surface area (Å²) >= 11 is 0. The van der Waals surface area contributed by atoms with Crippen LogP contribution in [0.5, 0.6) is 0 Å². The molecule has 16 heavy (non-hydrogen) atoms. The first kappa shape index (κ1) is 15.8. The lowest BCUT2D eigenvalue weighted by molar-refractivity contribution is -0.327. The first-order valence-corrected chi connectivity index (χ1v) is 5.72. The highest BCUT2D eigenvalue weighted by Gasteiger charge is 2.55. The summed E-state index contributed by atoms with van der Waals surface area (Å²) in [6.07, 6.45) is -3.11. The van der Waals surface area contributed by atoms with Gasteiger partial charge in [0.15, 0.2) is 0 Å². The average molecular weight is 236 g/mol. The molecule has 0 aliphatic rings. The van der Waals surface area contributed by atoms with Crippen molar-refractivity contribution in [3.8, 4) is 0 Å². The second-order valence-electron chi connectivity index (χ2n) is 7.24. The van der Waals surface area contributed by atoms with Crippen LogP contribution in [0, 0.1) is 16.2 Å². The van der Waals surface area contributed by atoms with E-state index in [2.05, 4.69) is 0 Å². The van der Waals surface area contributed by atoms with E-state index in [1.54, 1.807) is 34.6 Å². The largest absolute Gasteiger partial charge is 0.361 e. The lowest BCUT2D eigenvalue weighted by atomic mass is 9.68. The molecule has 0 aromatic heterocycles. The van der Waals surface area contributed by atoms with Crippen molar-refractivity contribution >= 4 is 0 Å². The summed E-state index contributed by atoms with van der Waals surface area (Å²) < 4.78 is 32.9. The molecule has 3 heteroatoms. The third kappa shape index (κ3) is 3.69. The lowest BCUT2D eigenvalue weighted by Gasteiger charge is -2.44. The van der Waals surface area contributed by atoms with Crippen LogP contribution in [0.4, 0.5) is 8.78 Å². The van der Waals surface area contributed by atoms with Crippen LogP contribution in [0.25, 0.3) is 0 Å². The molecule has 0 rings (SSSR count). The maximum Gasteiger partial charge on any atom is 0.361 e. The van der Waals surface area contributed by atoms with E-state index < -0.39 is 16.9 Å². The maximum absolute atomic E-state index is 14.0. The molecule has 0 bridgehead atoms. The molecule has 0 saturated carbocycles. The van der Waals surface area contributed by atoms with Gasteiger partial charge in [-0.05, 0) is 10.8 Å². The second-order valence-corrected chi connectivity index (χ2v) is 7.24. The van der Waals surface area contributed by atoms with Gasteiger partial charge in [0.2, 0.25) is 0 Å². The summed E-state index contributed by atoms with van der Waals surface area (Å²) in [6, 6.07) is 0. The van der Waals surface area contributed by atoms with Gasteiger partial charge in [0.25, 0.3) is 0 Å². The Labute approximate surface area is 98.6 Å². The number of hydrogen-bond acceptors (Lipinski definition) is 1. The van der Waals surface area contributed by atoms with Crippen LogP contribution < -0.4 is 0 Å². The minimum atomic E-state index is -3.11. The average Bonchev–Trinajstić information content (AvgIpc) is 1.97. The van der Waals surface area contributed by atoms with Gasteiger partial charge in [-0.1, -0.05) is 55.4 Å². The van der Waals surface area contributed by atoms with E-state index in [-0.39, 0.29) is 12.0 Å². The number of hydrogen-bond donors (Lipinski definition) is 0. The smallest absolute Gasteiger partial charge is 0.319 e. The van der Waals surface area contributed by atoms with Gasteiger partial charge in [0.1, 0.15) is 0 Å². The fourth-order valence-corrected chi connectivity index (χ4v) is 0.924. The molecule has 0 aliphatic heterocycles. The van der Waals surface area contributed by atoms with Crippen molar-refractivity contribution in [3.63, 3.8) is 0 Å². The number of halogens is 2. The first-order chi connectivity index (χ1) is 6.71. The minimum Gasteiger partial charge on any atom is -0.319 e. The summed E-state index contributed by atoms with van der Waals surface area (Å²) in [6.45, 7) is 14.2. The molecule has 0 radical (unpaired) electrons. The highest BCUT2D eigenvalue weighted by Crippen LogP contribution is 2.50. The zero-order valence-corrected chi connectivity index (χ0v) is 11.9. The standard InChI is InChI=1S/C13H26F2O/c1-10(2,3)9-16-13(14,15)12(7,8)11(4,5)6/h9H2,1-8H3. The molecule has 0 N–H and O–H groups in total. The van der Waals surface area contributed by atoms with Crippen molar-refractivity contribution in [1.29, 1.82) is 0 Å². The first-order valence-electron chi connectivity index (χ1n) is 5.72. The summed E-state index contributed by atoms with van der Waals surface area (Å²) in [5, 5.41) is 0. The number of ether oxygens (including phenoxy) is 1. The molecule has 98 valence electrons. The molecule has 0 fully saturated rings. The fourth-order valence-electron chi connectivity index (χ4n) is 0.924. The van der Waals surface area contributed by atoms with Crippen molar-refractivity contribution in [1.82, 2.24) is 0 Å². The predicted molar refractivity (Wildman–Crippen MR) is 63.6 cm³/mol. The molecule has 0 aliphatic carbocycles. The van der Waals surface area contributed by atoms with Crippen LogP contribution in [-0.2, 0) is 4.74 Å². The Kier molecular flexibility index (Phi) is 4.20. The monoisotopic (exact) mass is 236 g/mol. The van der Waals surface area contributed by atoms with E-state index in [0.29, 0.717) is 0 Å². The van der Waals surface area contributed by atoms with Crippen LogP contribution in [0.3, 0.4) is 0 Å². The van der Waals surface area contributed by atoms with Crippen molar-refractivity contribution in [2.75, 3.05) is 6.61 Å². The van der Waals surface area contributed by atoms with Crippen LogP contribution in [0.1, 0.15) is 55.4 Å². The van der Waals surface area contributed by atoms with Crippen molar-refractivity contribution in [3.05, 3.63) is 0 Å². The summed E-state index contributed by atoms with van der Waals surface area (Å²) in [5.74, 6) is 0. The third-order valence-corrected chi connectivity index (χ3v) is 3.29. The molecule has 0 aromatic carbocycles. The molecule has 0 saturated heterocycles. The lowest BCUT2D eigenvalue weighted by Crippen LogP contribution is -2.48. The van der Waals surface area contributed by atoms with Gasteiger partial charge in [-0.25, -0.2) is 0 Å². The number of rotatable bonds is 3. The normalized spacial score (nSPS) is 15.4. The van der Waals surface area contributed by atoms with Crippen molar-refractivity contribution in [2.45, 2.75) is 61.5 Å². The van der Waals surface area contributed by atoms with Crippen molar-refractivity contribution < 1.29 is 13.5 Å². The zero-order chi connectivity index (χ0) is 13.4. The second kappa shape index (κ2) is 4.25. The summed E-state index contributed by atoms with van der Waals surface area (Å²) in [7, 11) is 0. The molecule has 1 nitrogen and oxygen atoms in total.